The fourth-order valence-corrected chi connectivity index (χ4v) is 3.93. The number of hydrogen-bond acceptors (Lipinski definition) is 6. The SMILES string of the molecule is COC[C@@H]1C[C@]2(CCO2)[C@H](n2ccc(=O)n(Cc3ccc(OC)cc3)c2=O)O1. The van der Waals surface area contributed by atoms with E-state index >= 15 is 0 Å². The van der Waals surface area contributed by atoms with Crippen LogP contribution >= 0.6 is 0 Å². The number of methoxy groups -OCH3 is 2. The summed E-state index contributed by atoms with van der Waals surface area (Å²) in [5, 5.41) is 0. The van der Waals surface area contributed by atoms with Crippen molar-refractivity contribution in [3.8, 4) is 5.75 Å². The first kappa shape index (κ1) is 18.9. The molecule has 2 aliphatic heterocycles. The number of aromatic nitrogens is 2. The van der Waals surface area contributed by atoms with E-state index in [0.29, 0.717) is 25.4 Å². The third-order valence-corrected chi connectivity index (χ3v) is 5.46. The summed E-state index contributed by atoms with van der Waals surface area (Å²) in [6, 6.07) is 8.66. The minimum atomic E-state index is -0.573. The Morgan fingerprint density at radius 3 is 2.54 bits per heavy atom. The second kappa shape index (κ2) is 7.54. The first-order valence-corrected chi connectivity index (χ1v) is 9.29. The maximum absolute atomic E-state index is 13.1. The van der Waals surface area contributed by atoms with E-state index in [9.17, 15) is 9.59 Å². The average Bonchev–Trinajstić information content (AvgIpc) is 3.06. The second-order valence-corrected chi connectivity index (χ2v) is 7.21. The first-order chi connectivity index (χ1) is 13.6. The van der Waals surface area contributed by atoms with Gasteiger partial charge in [-0.1, -0.05) is 12.1 Å². The quantitative estimate of drug-likeness (QED) is 0.739. The van der Waals surface area contributed by atoms with Crippen molar-refractivity contribution in [2.75, 3.05) is 27.4 Å². The predicted octanol–water partition coefficient (Wildman–Crippen LogP) is 1.16. The molecule has 2 aromatic rings. The van der Waals surface area contributed by atoms with E-state index in [4.69, 9.17) is 18.9 Å². The standard InChI is InChI=1S/C20H24N2O6/c1-25-13-16-11-20(8-10-27-20)18(28-16)21-9-7-17(23)22(19(21)24)12-14-3-5-15(26-2)6-4-14/h3-7,9,16,18H,8,10-13H2,1-2H3/t16-,18+,20+/m0/s1. The summed E-state index contributed by atoms with van der Waals surface area (Å²) in [7, 11) is 3.21. The van der Waals surface area contributed by atoms with Crippen molar-refractivity contribution in [2.45, 2.75) is 37.3 Å². The molecule has 0 radical (unpaired) electrons. The van der Waals surface area contributed by atoms with Crippen LogP contribution in [-0.4, -0.2) is 48.3 Å². The maximum atomic E-state index is 13.1. The Morgan fingerprint density at radius 2 is 1.93 bits per heavy atom. The Kier molecular flexibility index (Phi) is 5.09. The molecular formula is C20H24N2O6. The van der Waals surface area contributed by atoms with E-state index in [0.717, 1.165) is 12.0 Å². The summed E-state index contributed by atoms with van der Waals surface area (Å²) < 4.78 is 25.0. The minimum Gasteiger partial charge on any atom is -0.497 e. The van der Waals surface area contributed by atoms with Gasteiger partial charge in [0.25, 0.3) is 5.56 Å². The van der Waals surface area contributed by atoms with Gasteiger partial charge in [0.2, 0.25) is 0 Å². The highest BCUT2D eigenvalue weighted by atomic mass is 16.6. The Hall–Kier alpha value is -2.42. The number of hydrogen-bond donors (Lipinski definition) is 0. The molecule has 4 rings (SSSR count). The van der Waals surface area contributed by atoms with Crippen LogP contribution in [0.15, 0.2) is 46.1 Å². The van der Waals surface area contributed by atoms with Crippen molar-refractivity contribution in [1.82, 2.24) is 9.13 Å². The Labute approximate surface area is 162 Å². The largest absolute Gasteiger partial charge is 0.497 e. The predicted molar refractivity (Wildman–Crippen MR) is 101 cm³/mol. The molecule has 0 N–H and O–H groups in total. The van der Waals surface area contributed by atoms with Crippen LogP contribution in [0.3, 0.4) is 0 Å². The summed E-state index contributed by atoms with van der Waals surface area (Å²) in [6.45, 7) is 1.24. The zero-order valence-corrected chi connectivity index (χ0v) is 16.0. The normalized spacial score (nSPS) is 26.4. The molecule has 0 aliphatic carbocycles. The highest BCUT2D eigenvalue weighted by molar-refractivity contribution is 5.27. The molecule has 2 fully saturated rings. The van der Waals surface area contributed by atoms with Gasteiger partial charge in [-0.25, -0.2) is 4.79 Å². The van der Waals surface area contributed by atoms with Crippen molar-refractivity contribution in [3.63, 3.8) is 0 Å². The third kappa shape index (κ3) is 3.28. The smallest absolute Gasteiger partial charge is 0.333 e. The second-order valence-electron chi connectivity index (χ2n) is 7.21. The van der Waals surface area contributed by atoms with Crippen molar-refractivity contribution >= 4 is 0 Å². The molecule has 8 nitrogen and oxygen atoms in total. The molecule has 3 atom stereocenters. The van der Waals surface area contributed by atoms with Crippen LogP contribution in [-0.2, 0) is 20.8 Å². The van der Waals surface area contributed by atoms with Crippen LogP contribution in [0, 0.1) is 0 Å². The molecule has 8 heteroatoms. The topological polar surface area (TPSA) is 80.9 Å². The van der Waals surface area contributed by atoms with Crippen molar-refractivity contribution < 1.29 is 18.9 Å². The summed E-state index contributed by atoms with van der Waals surface area (Å²) in [6.07, 6.45) is 2.25. The van der Waals surface area contributed by atoms with Crippen LogP contribution in [0.2, 0.25) is 0 Å². The lowest BCUT2D eigenvalue weighted by Crippen LogP contribution is -2.52. The Morgan fingerprint density at radius 1 is 1.18 bits per heavy atom. The molecule has 0 saturated carbocycles. The summed E-state index contributed by atoms with van der Waals surface area (Å²) in [4.78, 5) is 25.5. The van der Waals surface area contributed by atoms with Crippen LogP contribution in [0.25, 0.3) is 0 Å². The molecule has 1 spiro atoms. The van der Waals surface area contributed by atoms with E-state index in [1.54, 1.807) is 26.4 Å². The van der Waals surface area contributed by atoms with Gasteiger partial charge in [-0.05, 0) is 17.7 Å². The Bertz CT molecular complexity index is 944. The first-order valence-electron chi connectivity index (χ1n) is 9.29. The summed E-state index contributed by atoms with van der Waals surface area (Å²) in [5.41, 5.74) is -0.472. The molecular weight excluding hydrogens is 364 g/mol. The van der Waals surface area contributed by atoms with Crippen molar-refractivity contribution in [3.05, 3.63) is 62.9 Å². The maximum Gasteiger partial charge on any atom is 0.333 e. The highest BCUT2D eigenvalue weighted by Crippen LogP contribution is 2.47. The molecule has 0 bridgehead atoms. The van der Waals surface area contributed by atoms with E-state index in [2.05, 4.69) is 0 Å². The molecule has 2 aliphatic rings. The van der Waals surface area contributed by atoms with E-state index in [1.807, 2.05) is 12.1 Å². The molecule has 3 heterocycles. The van der Waals surface area contributed by atoms with Gasteiger partial charge < -0.3 is 18.9 Å². The van der Waals surface area contributed by atoms with Crippen molar-refractivity contribution in [2.24, 2.45) is 0 Å². The van der Waals surface area contributed by atoms with E-state index in [-0.39, 0.29) is 18.2 Å². The van der Waals surface area contributed by atoms with Gasteiger partial charge in [-0.15, -0.1) is 0 Å². The van der Waals surface area contributed by atoms with Gasteiger partial charge in [-0.3, -0.25) is 13.9 Å². The number of nitrogens with zero attached hydrogens (tertiary/aromatic N) is 2. The van der Waals surface area contributed by atoms with Gasteiger partial charge >= 0.3 is 5.69 Å². The van der Waals surface area contributed by atoms with E-state index < -0.39 is 17.5 Å². The van der Waals surface area contributed by atoms with Crippen LogP contribution in [0.5, 0.6) is 5.75 Å². The zero-order valence-electron chi connectivity index (χ0n) is 16.0. The van der Waals surface area contributed by atoms with Crippen LogP contribution in [0.4, 0.5) is 0 Å². The lowest BCUT2D eigenvalue weighted by molar-refractivity contribution is -0.202. The van der Waals surface area contributed by atoms with Gasteiger partial charge in [0, 0.05) is 32.2 Å². The van der Waals surface area contributed by atoms with Gasteiger partial charge in [0.15, 0.2) is 6.23 Å². The summed E-state index contributed by atoms with van der Waals surface area (Å²) in [5.74, 6) is 0.717. The fraction of sp³-hybridized carbons (Fsp3) is 0.500. The molecule has 0 unspecified atom stereocenters. The van der Waals surface area contributed by atoms with Gasteiger partial charge in [0.05, 0.1) is 33.0 Å². The van der Waals surface area contributed by atoms with Gasteiger partial charge in [0.1, 0.15) is 11.4 Å². The molecule has 1 aromatic heterocycles. The lowest BCUT2D eigenvalue weighted by Gasteiger charge is -2.42. The Balaban J connectivity index is 1.66. The number of benzene rings is 1. The van der Waals surface area contributed by atoms with Crippen LogP contribution < -0.4 is 16.0 Å². The van der Waals surface area contributed by atoms with E-state index in [1.165, 1.54) is 21.4 Å². The van der Waals surface area contributed by atoms with Crippen molar-refractivity contribution in [1.29, 1.82) is 0 Å². The molecule has 150 valence electrons. The number of rotatable bonds is 6. The lowest BCUT2D eigenvalue weighted by atomic mass is 9.89. The van der Waals surface area contributed by atoms with Gasteiger partial charge in [-0.2, -0.15) is 0 Å². The molecule has 2 saturated heterocycles. The molecule has 1 aromatic carbocycles. The minimum absolute atomic E-state index is 0.149. The number of ether oxygens (including phenoxy) is 4. The third-order valence-electron chi connectivity index (χ3n) is 5.46. The molecule has 0 amide bonds. The fourth-order valence-electron chi connectivity index (χ4n) is 3.93. The summed E-state index contributed by atoms with van der Waals surface area (Å²) >= 11 is 0. The average molecular weight is 388 g/mol. The zero-order chi connectivity index (χ0) is 19.7. The highest BCUT2D eigenvalue weighted by Gasteiger charge is 2.55. The molecule has 28 heavy (non-hydrogen) atoms. The monoisotopic (exact) mass is 388 g/mol. The van der Waals surface area contributed by atoms with Crippen LogP contribution in [0.1, 0.15) is 24.6 Å².